The third-order valence-electron chi connectivity index (χ3n) is 2.41. The lowest BCUT2D eigenvalue weighted by molar-refractivity contribution is -0.113. The Morgan fingerprint density at radius 1 is 1.35 bits per heavy atom. The fourth-order valence-electron chi connectivity index (χ4n) is 1.52. The van der Waals surface area contributed by atoms with Crippen molar-refractivity contribution in [1.82, 2.24) is 0 Å². The van der Waals surface area contributed by atoms with Gasteiger partial charge in [0.15, 0.2) is 9.84 Å². The highest BCUT2D eigenvalue weighted by atomic mass is 32.2. The van der Waals surface area contributed by atoms with Gasteiger partial charge in [0.2, 0.25) is 5.91 Å². The van der Waals surface area contributed by atoms with Crippen LogP contribution in [0.1, 0.15) is 0 Å². The SMILES string of the molecule is Nc1cc(F)ccc1NC(=O)CS(=O)(=O)c1cccs1. The summed E-state index contributed by atoms with van der Waals surface area (Å²) in [6, 6.07) is 6.47. The van der Waals surface area contributed by atoms with E-state index in [0.717, 1.165) is 23.5 Å². The van der Waals surface area contributed by atoms with Crippen molar-refractivity contribution in [3.05, 3.63) is 41.5 Å². The van der Waals surface area contributed by atoms with Crippen LogP contribution in [0.2, 0.25) is 0 Å². The Morgan fingerprint density at radius 2 is 2.10 bits per heavy atom. The Morgan fingerprint density at radius 3 is 2.70 bits per heavy atom. The molecule has 0 spiro atoms. The Labute approximate surface area is 119 Å². The highest BCUT2D eigenvalue weighted by Crippen LogP contribution is 2.21. The quantitative estimate of drug-likeness (QED) is 0.843. The van der Waals surface area contributed by atoms with Gasteiger partial charge in [-0.15, -0.1) is 11.3 Å². The molecule has 1 aromatic heterocycles. The molecule has 0 aliphatic rings. The zero-order chi connectivity index (χ0) is 14.8. The number of halogens is 1. The molecular formula is C12H11FN2O3S2. The summed E-state index contributed by atoms with van der Waals surface area (Å²) < 4.78 is 36.8. The van der Waals surface area contributed by atoms with E-state index >= 15 is 0 Å². The second-order valence-corrected chi connectivity index (χ2v) is 7.14. The van der Waals surface area contributed by atoms with Crippen molar-refractivity contribution in [3.63, 3.8) is 0 Å². The van der Waals surface area contributed by atoms with Crippen LogP contribution < -0.4 is 11.1 Å². The molecule has 1 aromatic carbocycles. The number of carbonyl (C=O) groups excluding carboxylic acids is 1. The lowest BCUT2D eigenvalue weighted by Gasteiger charge is -2.08. The van der Waals surface area contributed by atoms with E-state index in [0.29, 0.717) is 0 Å². The third kappa shape index (κ3) is 3.34. The van der Waals surface area contributed by atoms with E-state index in [1.165, 1.54) is 12.1 Å². The molecule has 0 unspecified atom stereocenters. The van der Waals surface area contributed by atoms with Crippen LogP contribution in [0.4, 0.5) is 15.8 Å². The highest BCUT2D eigenvalue weighted by Gasteiger charge is 2.20. The molecule has 2 aromatic rings. The summed E-state index contributed by atoms with van der Waals surface area (Å²) in [5, 5.41) is 3.96. The maximum Gasteiger partial charge on any atom is 0.240 e. The minimum Gasteiger partial charge on any atom is -0.397 e. The number of nitrogens with one attached hydrogen (secondary N) is 1. The summed E-state index contributed by atoms with van der Waals surface area (Å²) in [5.74, 6) is -1.95. The molecule has 106 valence electrons. The first-order valence-corrected chi connectivity index (χ1v) is 8.03. The van der Waals surface area contributed by atoms with E-state index < -0.39 is 27.3 Å². The number of rotatable bonds is 4. The van der Waals surface area contributed by atoms with Gasteiger partial charge in [0.25, 0.3) is 0 Å². The van der Waals surface area contributed by atoms with Crippen molar-refractivity contribution >= 4 is 38.5 Å². The van der Waals surface area contributed by atoms with Gasteiger partial charge >= 0.3 is 0 Å². The molecule has 0 fully saturated rings. The van der Waals surface area contributed by atoms with E-state index in [9.17, 15) is 17.6 Å². The molecule has 0 saturated carbocycles. The topological polar surface area (TPSA) is 89.3 Å². The summed E-state index contributed by atoms with van der Waals surface area (Å²) in [6.45, 7) is 0. The predicted octanol–water partition coefficient (Wildman–Crippen LogP) is 1.88. The summed E-state index contributed by atoms with van der Waals surface area (Å²) in [6.07, 6.45) is 0. The van der Waals surface area contributed by atoms with Crippen molar-refractivity contribution in [3.8, 4) is 0 Å². The van der Waals surface area contributed by atoms with Crippen LogP contribution in [0, 0.1) is 5.82 Å². The minimum atomic E-state index is -3.67. The van der Waals surface area contributed by atoms with Crippen LogP contribution in [0.5, 0.6) is 0 Å². The Balaban J connectivity index is 2.10. The number of benzene rings is 1. The highest BCUT2D eigenvalue weighted by molar-refractivity contribution is 7.94. The summed E-state index contributed by atoms with van der Waals surface area (Å²) >= 11 is 1.04. The molecular weight excluding hydrogens is 303 g/mol. The Bertz CT molecular complexity index is 727. The normalized spacial score (nSPS) is 11.2. The lowest BCUT2D eigenvalue weighted by atomic mass is 10.2. The number of nitrogens with two attached hydrogens (primary N) is 1. The monoisotopic (exact) mass is 314 g/mol. The van der Waals surface area contributed by atoms with Crippen molar-refractivity contribution in [2.24, 2.45) is 0 Å². The number of nitrogen functional groups attached to an aromatic ring is 1. The smallest absolute Gasteiger partial charge is 0.240 e. The van der Waals surface area contributed by atoms with Crippen molar-refractivity contribution in [1.29, 1.82) is 0 Å². The van der Waals surface area contributed by atoms with Gasteiger partial charge in [0.1, 0.15) is 15.8 Å². The average molecular weight is 314 g/mol. The molecule has 0 radical (unpaired) electrons. The average Bonchev–Trinajstić information content (AvgIpc) is 2.86. The third-order valence-corrected chi connectivity index (χ3v) is 5.51. The van der Waals surface area contributed by atoms with Crippen LogP contribution in [-0.4, -0.2) is 20.1 Å². The second kappa shape index (κ2) is 5.59. The number of hydrogen-bond donors (Lipinski definition) is 2. The van der Waals surface area contributed by atoms with Crippen molar-refractivity contribution in [2.75, 3.05) is 16.8 Å². The molecule has 0 bridgehead atoms. The summed E-state index contributed by atoms with van der Waals surface area (Å²) in [5.41, 5.74) is 5.74. The molecule has 20 heavy (non-hydrogen) atoms. The first-order chi connectivity index (χ1) is 9.38. The zero-order valence-corrected chi connectivity index (χ0v) is 11.8. The van der Waals surface area contributed by atoms with Gasteiger partial charge in [0, 0.05) is 0 Å². The molecule has 0 atom stereocenters. The molecule has 5 nitrogen and oxygen atoms in total. The molecule has 8 heteroatoms. The van der Waals surface area contributed by atoms with Crippen molar-refractivity contribution < 1.29 is 17.6 Å². The van der Waals surface area contributed by atoms with E-state index in [1.807, 2.05) is 0 Å². The maximum atomic E-state index is 12.9. The first kappa shape index (κ1) is 14.5. The van der Waals surface area contributed by atoms with Crippen LogP contribution in [-0.2, 0) is 14.6 Å². The van der Waals surface area contributed by atoms with Crippen molar-refractivity contribution in [2.45, 2.75) is 4.21 Å². The van der Waals surface area contributed by atoms with Crippen LogP contribution in [0.3, 0.4) is 0 Å². The number of thiophene rings is 1. The summed E-state index contributed by atoms with van der Waals surface area (Å²) in [4.78, 5) is 11.7. The lowest BCUT2D eigenvalue weighted by Crippen LogP contribution is -2.23. The van der Waals surface area contributed by atoms with Gasteiger partial charge in [0.05, 0.1) is 11.4 Å². The number of carbonyl (C=O) groups is 1. The second-order valence-electron chi connectivity index (χ2n) is 3.97. The van der Waals surface area contributed by atoms with Gasteiger partial charge in [-0.05, 0) is 29.6 Å². The van der Waals surface area contributed by atoms with Gasteiger partial charge < -0.3 is 11.1 Å². The van der Waals surface area contributed by atoms with E-state index in [4.69, 9.17) is 5.73 Å². The number of anilines is 2. The van der Waals surface area contributed by atoms with E-state index in [1.54, 1.807) is 11.4 Å². The van der Waals surface area contributed by atoms with Gasteiger partial charge in [-0.2, -0.15) is 0 Å². The Kier molecular flexibility index (Phi) is 4.05. The van der Waals surface area contributed by atoms with Gasteiger partial charge in [-0.3, -0.25) is 4.79 Å². The number of sulfone groups is 1. The largest absolute Gasteiger partial charge is 0.397 e. The predicted molar refractivity (Wildman–Crippen MR) is 75.8 cm³/mol. The molecule has 0 aliphatic heterocycles. The molecule has 1 heterocycles. The maximum absolute atomic E-state index is 12.9. The first-order valence-electron chi connectivity index (χ1n) is 5.49. The minimum absolute atomic E-state index is 0.0341. The van der Waals surface area contributed by atoms with Crippen LogP contribution in [0.15, 0.2) is 39.9 Å². The fourth-order valence-corrected chi connectivity index (χ4v) is 3.74. The zero-order valence-electron chi connectivity index (χ0n) is 10.2. The van der Waals surface area contributed by atoms with E-state index in [-0.39, 0.29) is 15.6 Å². The molecule has 0 aliphatic carbocycles. The van der Waals surface area contributed by atoms with Gasteiger partial charge in [-0.1, -0.05) is 6.07 Å². The van der Waals surface area contributed by atoms with E-state index in [2.05, 4.69) is 5.32 Å². The Hall–Kier alpha value is -1.93. The molecule has 0 saturated heterocycles. The summed E-state index contributed by atoms with van der Waals surface area (Å²) in [7, 11) is -3.67. The van der Waals surface area contributed by atoms with Gasteiger partial charge in [-0.25, -0.2) is 12.8 Å². The van der Waals surface area contributed by atoms with Crippen LogP contribution in [0.25, 0.3) is 0 Å². The molecule has 3 N–H and O–H groups in total. The number of hydrogen-bond acceptors (Lipinski definition) is 5. The molecule has 1 amide bonds. The van der Waals surface area contributed by atoms with Crippen LogP contribution >= 0.6 is 11.3 Å². The number of amides is 1. The standard InChI is InChI=1S/C12H11FN2O3S2/c13-8-3-4-10(9(14)6-8)15-11(16)7-20(17,18)12-2-1-5-19-12/h1-6H,7,14H2,(H,15,16). The molecule has 2 rings (SSSR count). The fraction of sp³-hybridized carbons (Fsp3) is 0.0833.